The summed E-state index contributed by atoms with van der Waals surface area (Å²) in [5.41, 5.74) is 21.4. The number of hydrogen-bond donors (Lipinski definition) is 0. The van der Waals surface area contributed by atoms with E-state index >= 15 is 0 Å². The number of hydrogen-bond acceptors (Lipinski definition) is 1. The summed E-state index contributed by atoms with van der Waals surface area (Å²) in [5, 5.41) is 4.94. The lowest BCUT2D eigenvalue weighted by Crippen LogP contribution is -1.98. The molecule has 0 atom stereocenters. The number of aromatic nitrogens is 1. The van der Waals surface area contributed by atoms with Crippen LogP contribution < -0.4 is 0 Å². The lowest BCUT2D eigenvalue weighted by molar-refractivity contribution is 1.33. The fourth-order valence-electron chi connectivity index (χ4n) is 10.3. The van der Waals surface area contributed by atoms with Crippen LogP contribution in [0.1, 0.15) is 0 Å². The van der Waals surface area contributed by atoms with Gasteiger partial charge in [0.2, 0.25) is 0 Å². The summed E-state index contributed by atoms with van der Waals surface area (Å²) in [6.07, 6.45) is 3.76. The largest absolute Gasteiger partial charge is 0.264 e. The van der Waals surface area contributed by atoms with Crippen molar-refractivity contribution in [2.75, 3.05) is 0 Å². The first-order valence-corrected chi connectivity index (χ1v) is 23.3. The second kappa shape index (κ2) is 17.8. The Bertz CT molecular complexity index is 3670. The van der Waals surface area contributed by atoms with E-state index in [1.807, 2.05) is 18.5 Å². The van der Waals surface area contributed by atoms with Crippen LogP contribution in [0, 0.1) is 0 Å². The molecule has 0 aliphatic rings. The molecule has 1 aromatic heterocycles. The maximum Gasteiger partial charge on any atom is 0.0346 e. The summed E-state index contributed by atoms with van der Waals surface area (Å²) in [5.74, 6) is 0. The van der Waals surface area contributed by atoms with Crippen molar-refractivity contribution in [2.45, 2.75) is 0 Å². The lowest BCUT2D eigenvalue weighted by Gasteiger charge is -2.24. The second-order valence-corrected chi connectivity index (χ2v) is 17.4. The Morgan fingerprint density at radius 2 is 0.544 bits per heavy atom. The summed E-state index contributed by atoms with van der Waals surface area (Å²) >= 11 is 0. The van der Waals surface area contributed by atoms with Crippen molar-refractivity contribution in [1.29, 1.82) is 0 Å². The summed E-state index contributed by atoms with van der Waals surface area (Å²) in [6, 6.07) is 95.1. The molecule has 0 amide bonds. The predicted octanol–water partition coefficient (Wildman–Crippen LogP) is 18.4. The zero-order valence-electron chi connectivity index (χ0n) is 37.4. The molecule has 318 valence electrons. The number of nitrogens with zero attached hydrogens (tertiary/aromatic N) is 1. The van der Waals surface area contributed by atoms with Gasteiger partial charge in [-0.15, -0.1) is 0 Å². The van der Waals surface area contributed by atoms with Gasteiger partial charge in [-0.3, -0.25) is 4.98 Å². The van der Waals surface area contributed by atoms with E-state index in [1.165, 1.54) is 111 Å². The molecule has 0 bridgehead atoms. The number of rotatable bonds is 9. The lowest BCUT2D eigenvalue weighted by atomic mass is 9.78. The van der Waals surface area contributed by atoms with Crippen LogP contribution in [0.3, 0.4) is 0 Å². The van der Waals surface area contributed by atoms with Crippen LogP contribution in [0.15, 0.2) is 273 Å². The summed E-state index contributed by atoms with van der Waals surface area (Å²) < 4.78 is 0. The minimum Gasteiger partial charge on any atom is -0.264 e. The summed E-state index contributed by atoms with van der Waals surface area (Å²) in [6.45, 7) is 0. The molecule has 1 heterocycles. The van der Waals surface area contributed by atoms with E-state index in [0.29, 0.717) is 0 Å². The third-order valence-corrected chi connectivity index (χ3v) is 13.4. The fraction of sp³-hybridized carbons (Fsp3) is 0. The molecular formula is C67H45N. The average Bonchev–Trinajstić information content (AvgIpc) is 3.43. The Kier molecular flexibility index (Phi) is 10.6. The van der Waals surface area contributed by atoms with Gasteiger partial charge in [0.05, 0.1) is 0 Å². The minimum absolute atomic E-state index is 1.11. The topological polar surface area (TPSA) is 12.9 Å². The first kappa shape index (κ1) is 40.6. The van der Waals surface area contributed by atoms with Gasteiger partial charge in [0.25, 0.3) is 0 Å². The molecule has 0 saturated heterocycles. The summed E-state index contributed by atoms with van der Waals surface area (Å²) in [4.78, 5) is 4.41. The zero-order valence-corrected chi connectivity index (χ0v) is 37.4. The van der Waals surface area contributed by atoms with Crippen LogP contribution in [-0.4, -0.2) is 4.98 Å². The van der Waals surface area contributed by atoms with Gasteiger partial charge in [0, 0.05) is 18.0 Å². The van der Waals surface area contributed by atoms with Crippen molar-refractivity contribution < 1.29 is 0 Å². The SMILES string of the molecule is c1ccc(-c2cc(-c3cccc(-c4ccc(-c5c6ccccc6c(-c6cccc(-c7cccnc7)c6)c6ccccc56)cc4)c3)c(-c3ccccc3)c(-c3ccccc3)c2-c2ccccc2)cc1. The van der Waals surface area contributed by atoms with Crippen molar-refractivity contribution in [1.82, 2.24) is 4.98 Å². The van der Waals surface area contributed by atoms with Crippen LogP contribution in [0.25, 0.3) is 122 Å². The maximum atomic E-state index is 4.41. The Morgan fingerprint density at radius 1 is 0.191 bits per heavy atom. The minimum atomic E-state index is 1.11. The first-order valence-electron chi connectivity index (χ1n) is 23.3. The smallest absolute Gasteiger partial charge is 0.0346 e. The van der Waals surface area contributed by atoms with E-state index in [-0.39, 0.29) is 0 Å². The van der Waals surface area contributed by atoms with E-state index in [9.17, 15) is 0 Å². The van der Waals surface area contributed by atoms with E-state index < -0.39 is 0 Å². The third kappa shape index (κ3) is 7.47. The van der Waals surface area contributed by atoms with Gasteiger partial charge in [-0.2, -0.15) is 0 Å². The van der Waals surface area contributed by atoms with Crippen LogP contribution in [-0.2, 0) is 0 Å². The quantitative estimate of drug-likeness (QED) is 0.132. The second-order valence-electron chi connectivity index (χ2n) is 17.4. The maximum absolute atomic E-state index is 4.41. The van der Waals surface area contributed by atoms with Crippen LogP contribution in [0.5, 0.6) is 0 Å². The molecule has 12 rings (SSSR count). The highest BCUT2D eigenvalue weighted by atomic mass is 14.6. The van der Waals surface area contributed by atoms with Crippen LogP contribution >= 0.6 is 0 Å². The van der Waals surface area contributed by atoms with Crippen molar-refractivity contribution >= 4 is 21.5 Å². The molecule has 0 aliphatic carbocycles. The highest BCUT2D eigenvalue weighted by Crippen LogP contribution is 2.51. The van der Waals surface area contributed by atoms with Gasteiger partial charge >= 0.3 is 0 Å². The predicted molar refractivity (Wildman–Crippen MR) is 288 cm³/mol. The fourth-order valence-corrected chi connectivity index (χ4v) is 10.3. The molecule has 1 nitrogen and oxygen atoms in total. The number of benzene rings is 11. The Balaban J connectivity index is 1.02. The Morgan fingerprint density at radius 3 is 1.06 bits per heavy atom. The highest BCUT2D eigenvalue weighted by Gasteiger charge is 2.24. The average molecular weight is 864 g/mol. The highest BCUT2D eigenvalue weighted by molar-refractivity contribution is 6.21. The van der Waals surface area contributed by atoms with E-state index in [2.05, 4.69) is 260 Å². The standard InChI is InChI=1S/C67H45N/c1-5-20-47(21-6-1)61-44-62(66(49-24-9-3-10-25-49)67(50-26-11-4-12-27-50)65(61)48-22-7-2-8-23-48)54-30-17-28-52(42-54)46-37-39-51(40-38-46)63-57-33-13-15-35-59(57)64(60-36-16-14-34-58(60)63)55-31-18-29-53(43-55)56-32-19-41-68-45-56/h1-45H. The normalized spacial score (nSPS) is 11.2. The molecule has 0 aliphatic heterocycles. The molecule has 68 heavy (non-hydrogen) atoms. The van der Waals surface area contributed by atoms with Crippen LogP contribution in [0.2, 0.25) is 0 Å². The molecule has 0 radical (unpaired) electrons. The van der Waals surface area contributed by atoms with Gasteiger partial charge < -0.3 is 0 Å². The summed E-state index contributed by atoms with van der Waals surface area (Å²) in [7, 11) is 0. The van der Waals surface area contributed by atoms with Gasteiger partial charge in [-0.05, 0) is 140 Å². The zero-order chi connectivity index (χ0) is 45.2. The van der Waals surface area contributed by atoms with Crippen molar-refractivity contribution in [2.24, 2.45) is 0 Å². The Labute approximate surface area is 398 Å². The molecular weight excluding hydrogens is 819 g/mol. The Hall–Kier alpha value is -8.91. The van der Waals surface area contributed by atoms with E-state index in [0.717, 1.165) is 11.1 Å². The first-order chi connectivity index (χ1) is 33.8. The van der Waals surface area contributed by atoms with Gasteiger partial charge in [-0.1, -0.05) is 237 Å². The number of fused-ring (bicyclic) bond motifs is 2. The van der Waals surface area contributed by atoms with Gasteiger partial charge in [0.1, 0.15) is 0 Å². The van der Waals surface area contributed by atoms with Crippen molar-refractivity contribution in [3.8, 4) is 100 Å². The molecule has 0 unspecified atom stereocenters. The molecule has 12 aromatic rings. The van der Waals surface area contributed by atoms with Gasteiger partial charge in [0.15, 0.2) is 0 Å². The van der Waals surface area contributed by atoms with Crippen LogP contribution in [0.4, 0.5) is 0 Å². The molecule has 1 heteroatoms. The monoisotopic (exact) mass is 863 g/mol. The van der Waals surface area contributed by atoms with E-state index in [1.54, 1.807) is 0 Å². The molecule has 0 N–H and O–H groups in total. The van der Waals surface area contributed by atoms with E-state index in [4.69, 9.17) is 0 Å². The molecule has 11 aromatic carbocycles. The van der Waals surface area contributed by atoms with Crippen molar-refractivity contribution in [3.05, 3.63) is 273 Å². The molecule has 0 fully saturated rings. The molecule has 0 saturated carbocycles. The van der Waals surface area contributed by atoms with Crippen molar-refractivity contribution in [3.63, 3.8) is 0 Å². The number of pyridine rings is 1. The third-order valence-electron chi connectivity index (χ3n) is 13.4. The molecule has 0 spiro atoms. The van der Waals surface area contributed by atoms with Gasteiger partial charge in [-0.25, -0.2) is 0 Å².